The van der Waals surface area contributed by atoms with E-state index < -0.39 is 5.41 Å². The highest BCUT2D eigenvalue weighted by Crippen LogP contribution is 2.45. The number of rotatable bonds is 3. The standard InChI is InChI=1S/C24H21NOS/c1-17(18-11-5-3-6-12-18)27-23-24(2,19-13-7-4-8-14-19)22(26)20-15-9-10-16-21(20)25-23/h3-17H,1-2H3. The Balaban J connectivity index is 1.82. The molecule has 0 radical (unpaired) electrons. The minimum atomic E-state index is -0.774. The van der Waals surface area contributed by atoms with Crippen LogP contribution in [-0.2, 0) is 5.41 Å². The Hall–Kier alpha value is -2.65. The molecule has 1 heterocycles. The molecule has 3 aromatic rings. The lowest BCUT2D eigenvalue weighted by Crippen LogP contribution is -2.41. The number of Topliss-reactive ketones (excluding diaryl/α,β-unsaturated/α-hetero) is 1. The Kier molecular flexibility index (Phi) is 4.71. The van der Waals surface area contributed by atoms with Gasteiger partial charge in [0, 0.05) is 10.8 Å². The molecule has 2 unspecified atom stereocenters. The SMILES string of the molecule is CC(SC1=Nc2ccccc2C(=O)C1(C)c1ccccc1)c1ccccc1. The summed E-state index contributed by atoms with van der Waals surface area (Å²) in [6.07, 6.45) is 0. The van der Waals surface area contributed by atoms with Crippen LogP contribution in [0, 0.1) is 0 Å². The zero-order valence-corrected chi connectivity index (χ0v) is 16.2. The maximum Gasteiger partial charge on any atom is 0.181 e. The van der Waals surface area contributed by atoms with E-state index in [0.29, 0.717) is 5.56 Å². The Morgan fingerprint density at radius 1 is 0.852 bits per heavy atom. The van der Waals surface area contributed by atoms with E-state index in [-0.39, 0.29) is 11.0 Å². The largest absolute Gasteiger partial charge is 0.293 e. The second-order valence-electron chi connectivity index (χ2n) is 6.93. The molecule has 0 bridgehead atoms. The Labute approximate surface area is 164 Å². The van der Waals surface area contributed by atoms with Crippen molar-refractivity contribution in [2.75, 3.05) is 0 Å². The van der Waals surface area contributed by atoms with Gasteiger partial charge in [0.05, 0.1) is 10.7 Å². The molecule has 0 saturated carbocycles. The molecule has 0 fully saturated rings. The first-order valence-corrected chi connectivity index (χ1v) is 9.99. The molecule has 2 nitrogen and oxygen atoms in total. The van der Waals surface area contributed by atoms with Gasteiger partial charge in [-0.15, -0.1) is 11.8 Å². The molecule has 27 heavy (non-hydrogen) atoms. The fourth-order valence-corrected chi connectivity index (χ4v) is 4.71. The van der Waals surface area contributed by atoms with Gasteiger partial charge >= 0.3 is 0 Å². The monoisotopic (exact) mass is 371 g/mol. The van der Waals surface area contributed by atoms with Crippen LogP contribution >= 0.6 is 11.8 Å². The van der Waals surface area contributed by atoms with Crippen molar-refractivity contribution in [3.8, 4) is 0 Å². The molecule has 3 heteroatoms. The summed E-state index contributed by atoms with van der Waals surface area (Å²) in [4.78, 5) is 18.5. The Bertz CT molecular complexity index is 997. The second kappa shape index (κ2) is 7.16. The van der Waals surface area contributed by atoms with Gasteiger partial charge in [0.15, 0.2) is 5.78 Å². The molecule has 0 amide bonds. The highest BCUT2D eigenvalue weighted by molar-refractivity contribution is 8.14. The number of fused-ring (bicyclic) bond motifs is 1. The third-order valence-electron chi connectivity index (χ3n) is 5.16. The number of hydrogen-bond acceptors (Lipinski definition) is 3. The van der Waals surface area contributed by atoms with Crippen molar-refractivity contribution in [3.63, 3.8) is 0 Å². The number of nitrogens with zero attached hydrogens (tertiary/aromatic N) is 1. The summed E-state index contributed by atoms with van der Waals surface area (Å²) in [5, 5.41) is 1.06. The van der Waals surface area contributed by atoms with Crippen LogP contribution < -0.4 is 0 Å². The van der Waals surface area contributed by atoms with E-state index in [1.54, 1.807) is 11.8 Å². The quantitative estimate of drug-likeness (QED) is 0.536. The smallest absolute Gasteiger partial charge is 0.181 e. The molecule has 0 N–H and O–H groups in total. The van der Waals surface area contributed by atoms with Crippen LogP contribution in [-0.4, -0.2) is 10.8 Å². The molecule has 0 spiro atoms. The third kappa shape index (κ3) is 3.13. The molecule has 134 valence electrons. The van der Waals surface area contributed by atoms with E-state index >= 15 is 0 Å². The van der Waals surface area contributed by atoms with Crippen LogP contribution in [0.4, 0.5) is 5.69 Å². The van der Waals surface area contributed by atoms with Crippen LogP contribution in [0.2, 0.25) is 0 Å². The van der Waals surface area contributed by atoms with E-state index in [9.17, 15) is 4.79 Å². The van der Waals surface area contributed by atoms with E-state index in [1.807, 2.05) is 79.7 Å². The van der Waals surface area contributed by atoms with Crippen LogP contribution in [0.5, 0.6) is 0 Å². The summed E-state index contributed by atoms with van der Waals surface area (Å²) in [6, 6.07) is 28.0. The summed E-state index contributed by atoms with van der Waals surface area (Å²) in [7, 11) is 0. The van der Waals surface area contributed by atoms with E-state index in [4.69, 9.17) is 4.99 Å². The lowest BCUT2D eigenvalue weighted by Gasteiger charge is -2.34. The van der Waals surface area contributed by atoms with Gasteiger partial charge in [-0.05, 0) is 37.1 Å². The fraction of sp³-hybridized carbons (Fsp3) is 0.167. The first-order chi connectivity index (χ1) is 13.1. The Morgan fingerprint density at radius 3 is 2.15 bits per heavy atom. The van der Waals surface area contributed by atoms with Crippen molar-refractivity contribution in [1.82, 2.24) is 0 Å². The highest BCUT2D eigenvalue weighted by atomic mass is 32.2. The average Bonchev–Trinajstić information content (AvgIpc) is 2.73. The predicted molar refractivity (Wildman–Crippen MR) is 114 cm³/mol. The highest BCUT2D eigenvalue weighted by Gasteiger charge is 2.45. The molecule has 0 aliphatic carbocycles. The van der Waals surface area contributed by atoms with Crippen LogP contribution in [0.3, 0.4) is 0 Å². The molecular weight excluding hydrogens is 350 g/mol. The Morgan fingerprint density at radius 2 is 1.44 bits per heavy atom. The van der Waals surface area contributed by atoms with Gasteiger partial charge < -0.3 is 0 Å². The fourth-order valence-electron chi connectivity index (χ4n) is 3.48. The van der Waals surface area contributed by atoms with Crippen LogP contribution in [0.1, 0.15) is 40.6 Å². The van der Waals surface area contributed by atoms with Crippen molar-refractivity contribution in [3.05, 3.63) is 102 Å². The number of benzene rings is 3. The number of hydrogen-bond donors (Lipinski definition) is 0. The number of thioether (sulfide) groups is 1. The lowest BCUT2D eigenvalue weighted by molar-refractivity contribution is 0.0938. The molecule has 0 aromatic heterocycles. The molecule has 0 saturated heterocycles. The van der Waals surface area contributed by atoms with Gasteiger partial charge in [0.1, 0.15) is 5.41 Å². The van der Waals surface area contributed by atoms with Gasteiger partial charge in [0.2, 0.25) is 0 Å². The van der Waals surface area contributed by atoms with Crippen LogP contribution in [0.25, 0.3) is 0 Å². The van der Waals surface area contributed by atoms with E-state index in [1.165, 1.54) is 5.56 Å². The lowest BCUT2D eigenvalue weighted by atomic mass is 9.75. The zero-order valence-electron chi connectivity index (χ0n) is 15.4. The number of carbonyl (C=O) groups is 1. The number of carbonyl (C=O) groups excluding carboxylic acids is 1. The molecule has 1 aliphatic rings. The maximum absolute atomic E-state index is 13.6. The van der Waals surface area contributed by atoms with Gasteiger partial charge in [0.25, 0.3) is 0 Å². The van der Waals surface area contributed by atoms with Crippen molar-refractivity contribution >= 4 is 28.3 Å². The first kappa shape index (κ1) is 17.7. The maximum atomic E-state index is 13.6. The second-order valence-corrected chi connectivity index (χ2v) is 8.25. The third-order valence-corrected chi connectivity index (χ3v) is 6.51. The van der Waals surface area contributed by atoms with Crippen molar-refractivity contribution < 1.29 is 4.79 Å². The minimum Gasteiger partial charge on any atom is -0.293 e. The first-order valence-electron chi connectivity index (χ1n) is 9.11. The van der Waals surface area contributed by atoms with Gasteiger partial charge in [-0.25, -0.2) is 4.99 Å². The summed E-state index contributed by atoms with van der Waals surface area (Å²) in [5.74, 6) is 0.113. The normalized spacial score (nSPS) is 19.9. The van der Waals surface area contributed by atoms with Crippen molar-refractivity contribution in [2.45, 2.75) is 24.5 Å². The van der Waals surface area contributed by atoms with Gasteiger partial charge in [-0.1, -0.05) is 72.8 Å². The molecule has 1 aliphatic heterocycles. The van der Waals surface area contributed by atoms with E-state index in [2.05, 4.69) is 19.1 Å². The van der Waals surface area contributed by atoms with Crippen molar-refractivity contribution in [1.29, 1.82) is 0 Å². The number of aliphatic imine (C=N–C) groups is 1. The molecule has 4 rings (SSSR count). The molecule has 2 atom stereocenters. The van der Waals surface area contributed by atoms with Gasteiger partial charge in [-0.2, -0.15) is 0 Å². The molecular formula is C24H21NOS. The van der Waals surface area contributed by atoms with E-state index in [0.717, 1.165) is 16.3 Å². The summed E-state index contributed by atoms with van der Waals surface area (Å²) >= 11 is 1.67. The topological polar surface area (TPSA) is 29.4 Å². The van der Waals surface area contributed by atoms with Gasteiger partial charge in [-0.3, -0.25) is 4.79 Å². The summed E-state index contributed by atoms with van der Waals surface area (Å²) in [6.45, 7) is 4.17. The minimum absolute atomic E-state index is 0.113. The average molecular weight is 372 g/mol. The number of ketones is 1. The summed E-state index contributed by atoms with van der Waals surface area (Å²) in [5.41, 5.74) is 2.89. The molecule has 3 aromatic carbocycles. The van der Waals surface area contributed by atoms with Crippen LogP contribution in [0.15, 0.2) is 89.9 Å². The predicted octanol–water partition coefficient (Wildman–Crippen LogP) is 6.37. The number of para-hydroxylation sites is 1. The zero-order chi connectivity index (χ0) is 18.9. The van der Waals surface area contributed by atoms with Crippen molar-refractivity contribution in [2.24, 2.45) is 4.99 Å². The summed E-state index contributed by atoms with van der Waals surface area (Å²) < 4.78 is 0.